The van der Waals surface area contributed by atoms with Crippen LogP contribution in [0.25, 0.3) is 0 Å². The third-order valence-corrected chi connectivity index (χ3v) is 3.13. The summed E-state index contributed by atoms with van der Waals surface area (Å²) in [5.74, 6) is -0.354. The number of carbonyl (C=O) groups is 2. The number of hydrogen-bond donors (Lipinski definition) is 2. The van der Waals surface area contributed by atoms with Crippen molar-refractivity contribution in [1.82, 2.24) is 5.32 Å². The Balaban J connectivity index is 1.74. The predicted octanol–water partition coefficient (Wildman–Crippen LogP) is 2.97. The molecule has 6 heteroatoms. The minimum Gasteiger partial charge on any atom is -0.445 e. The van der Waals surface area contributed by atoms with E-state index in [1.807, 2.05) is 30.3 Å². The molecular weight excluding hydrogens is 306 g/mol. The SMILES string of the molecule is N#CCC(=O)Nc1ccc(CNC(=O)OCc2ccccc2)cc1. The standard InChI is InChI=1S/C18H17N3O3/c19-11-10-17(22)21-16-8-6-14(7-9-16)12-20-18(23)24-13-15-4-2-1-3-5-15/h1-9H,10,12-13H2,(H,20,23)(H,21,22). The van der Waals surface area contributed by atoms with Gasteiger partial charge in [-0.1, -0.05) is 42.5 Å². The Morgan fingerprint density at radius 1 is 1.00 bits per heavy atom. The third-order valence-electron chi connectivity index (χ3n) is 3.13. The average Bonchev–Trinajstić information content (AvgIpc) is 2.60. The van der Waals surface area contributed by atoms with E-state index in [4.69, 9.17) is 10.00 Å². The van der Waals surface area contributed by atoms with E-state index in [0.29, 0.717) is 12.2 Å². The molecule has 0 aromatic heterocycles. The Labute approximate surface area is 140 Å². The number of rotatable bonds is 6. The molecule has 0 spiro atoms. The monoisotopic (exact) mass is 323 g/mol. The summed E-state index contributed by atoms with van der Waals surface area (Å²) in [4.78, 5) is 22.9. The average molecular weight is 323 g/mol. The number of hydrogen-bond acceptors (Lipinski definition) is 4. The molecule has 0 saturated heterocycles. The van der Waals surface area contributed by atoms with E-state index in [1.165, 1.54) is 0 Å². The maximum absolute atomic E-state index is 11.7. The van der Waals surface area contributed by atoms with Gasteiger partial charge in [0.05, 0.1) is 6.07 Å². The first-order valence-electron chi connectivity index (χ1n) is 7.37. The number of ether oxygens (including phenoxy) is 1. The summed E-state index contributed by atoms with van der Waals surface area (Å²) in [6, 6.07) is 18.2. The number of carbonyl (C=O) groups excluding carboxylic acids is 2. The van der Waals surface area contributed by atoms with Crippen molar-refractivity contribution in [3.8, 4) is 6.07 Å². The van der Waals surface area contributed by atoms with Crippen LogP contribution in [-0.4, -0.2) is 12.0 Å². The van der Waals surface area contributed by atoms with Crippen molar-refractivity contribution < 1.29 is 14.3 Å². The summed E-state index contributed by atoms with van der Waals surface area (Å²) in [6.07, 6.45) is -0.679. The second kappa shape index (κ2) is 8.96. The van der Waals surface area contributed by atoms with Crippen LogP contribution in [-0.2, 0) is 22.7 Å². The fourth-order valence-corrected chi connectivity index (χ4v) is 1.93. The molecule has 0 aliphatic rings. The highest BCUT2D eigenvalue weighted by molar-refractivity contribution is 5.91. The lowest BCUT2D eigenvalue weighted by Gasteiger charge is -2.08. The van der Waals surface area contributed by atoms with Crippen molar-refractivity contribution in [2.24, 2.45) is 0 Å². The maximum atomic E-state index is 11.7. The van der Waals surface area contributed by atoms with E-state index < -0.39 is 6.09 Å². The number of amides is 2. The number of benzene rings is 2. The molecular formula is C18H17N3O3. The van der Waals surface area contributed by atoms with Crippen molar-refractivity contribution in [2.45, 2.75) is 19.6 Å². The smallest absolute Gasteiger partial charge is 0.407 e. The van der Waals surface area contributed by atoms with Gasteiger partial charge in [-0.2, -0.15) is 5.26 Å². The van der Waals surface area contributed by atoms with Gasteiger partial charge in [0.1, 0.15) is 13.0 Å². The minimum absolute atomic E-state index is 0.184. The van der Waals surface area contributed by atoms with Crippen molar-refractivity contribution in [3.63, 3.8) is 0 Å². The van der Waals surface area contributed by atoms with Gasteiger partial charge in [-0.15, -0.1) is 0 Å². The Hall–Kier alpha value is -3.33. The lowest BCUT2D eigenvalue weighted by Crippen LogP contribution is -2.23. The molecule has 0 unspecified atom stereocenters. The van der Waals surface area contributed by atoms with E-state index in [9.17, 15) is 9.59 Å². The van der Waals surface area contributed by atoms with Gasteiger partial charge in [0, 0.05) is 12.2 Å². The summed E-state index contributed by atoms with van der Waals surface area (Å²) >= 11 is 0. The van der Waals surface area contributed by atoms with Gasteiger partial charge in [-0.25, -0.2) is 4.79 Å². The molecule has 2 aromatic rings. The number of nitrogens with zero attached hydrogens (tertiary/aromatic N) is 1. The van der Waals surface area contributed by atoms with Gasteiger partial charge in [0.25, 0.3) is 0 Å². The largest absolute Gasteiger partial charge is 0.445 e. The van der Waals surface area contributed by atoms with E-state index in [2.05, 4.69) is 10.6 Å². The molecule has 0 saturated carbocycles. The summed E-state index contributed by atoms with van der Waals surface area (Å²) in [5, 5.41) is 13.7. The second-order valence-corrected chi connectivity index (χ2v) is 5.00. The van der Waals surface area contributed by atoms with E-state index in [1.54, 1.807) is 30.3 Å². The first kappa shape index (κ1) is 17.0. The molecule has 0 fully saturated rings. The molecule has 122 valence electrons. The molecule has 0 radical (unpaired) electrons. The molecule has 0 aliphatic heterocycles. The van der Waals surface area contributed by atoms with Crippen LogP contribution in [0, 0.1) is 11.3 Å². The first-order valence-corrected chi connectivity index (χ1v) is 7.37. The van der Waals surface area contributed by atoms with E-state index >= 15 is 0 Å². The molecule has 0 atom stereocenters. The third kappa shape index (κ3) is 5.81. The lowest BCUT2D eigenvalue weighted by molar-refractivity contribution is -0.115. The molecule has 2 amide bonds. The lowest BCUT2D eigenvalue weighted by atomic mass is 10.2. The fraction of sp³-hybridized carbons (Fsp3) is 0.167. The van der Waals surface area contributed by atoms with Crippen LogP contribution in [0.1, 0.15) is 17.5 Å². The summed E-state index contributed by atoms with van der Waals surface area (Å²) in [7, 11) is 0. The van der Waals surface area contributed by atoms with E-state index in [0.717, 1.165) is 11.1 Å². The van der Waals surface area contributed by atoms with Crippen LogP contribution < -0.4 is 10.6 Å². The zero-order valence-corrected chi connectivity index (χ0v) is 13.0. The Bertz CT molecular complexity index is 721. The van der Waals surface area contributed by atoms with Crippen LogP contribution in [0.2, 0.25) is 0 Å². The quantitative estimate of drug-likeness (QED) is 0.855. The van der Waals surface area contributed by atoms with Crippen molar-refractivity contribution in [1.29, 1.82) is 5.26 Å². The predicted molar refractivity (Wildman–Crippen MR) is 88.8 cm³/mol. The van der Waals surface area contributed by atoms with E-state index in [-0.39, 0.29) is 18.9 Å². The van der Waals surface area contributed by atoms with Gasteiger partial charge in [0.2, 0.25) is 5.91 Å². The molecule has 2 N–H and O–H groups in total. The van der Waals surface area contributed by atoms with Crippen molar-refractivity contribution in [3.05, 3.63) is 65.7 Å². The zero-order valence-electron chi connectivity index (χ0n) is 13.0. The van der Waals surface area contributed by atoms with Crippen LogP contribution in [0.15, 0.2) is 54.6 Å². The van der Waals surface area contributed by atoms with Gasteiger partial charge in [0.15, 0.2) is 0 Å². The zero-order chi connectivity index (χ0) is 17.2. The van der Waals surface area contributed by atoms with Gasteiger partial charge >= 0.3 is 6.09 Å². The molecule has 24 heavy (non-hydrogen) atoms. The normalized spacial score (nSPS) is 9.62. The Kier molecular flexibility index (Phi) is 6.35. The summed E-state index contributed by atoms with van der Waals surface area (Å²) in [6.45, 7) is 0.538. The number of anilines is 1. The number of alkyl carbamates (subject to hydrolysis) is 1. The summed E-state index contributed by atoms with van der Waals surface area (Å²) in [5.41, 5.74) is 2.39. The van der Waals surface area contributed by atoms with Crippen molar-refractivity contribution in [2.75, 3.05) is 5.32 Å². The molecule has 0 aliphatic carbocycles. The highest BCUT2D eigenvalue weighted by Crippen LogP contribution is 2.10. The van der Waals surface area contributed by atoms with Gasteiger partial charge in [-0.3, -0.25) is 4.79 Å². The molecule has 2 aromatic carbocycles. The van der Waals surface area contributed by atoms with Gasteiger partial charge < -0.3 is 15.4 Å². The van der Waals surface area contributed by atoms with Crippen LogP contribution in [0.5, 0.6) is 0 Å². The molecule has 2 rings (SSSR count). The van der Waals surface area contributed by atoms with Crippen LogP contribution in [0.4, 0.5) is 10.5 Å². The second-order valence-electron chi connectivity index (χ2n) is 5.00. The minimum atomic E-state index is -0.495. The highest BCUT2D eigenvalue weighted by atomic mass is 16.5. The van der Waals surface area contributed by atoms with Crippen molar-refractivity contribution >= 4 is 17.7 Å². The van der Waals surface area contributed by atoms with Gasteiger partial charge in [-0.05, 0) is 23.3 Å². The fourth-order valence-electron chi connectivity index (χ4n) is 1.93. The molecule has 6 nitrogen and oxygen atoms in total. The summed E-state index contributed by atoms with van der Waals surface area (Å²) < 4.78 is 5.12. The Morgan fingerprint density at radius 2 is 1.71 bits per heavy atom. The van der Waals surface area contributed by atoms with Crippen LogP contribution >= 0.6 is 0 Å². The maximum Gasteiger partial charge on any atom is 0.407 e. The molecule has 0 heterocycles. The first-order chi connectivity index (χ1) is 11.7. The number of nitrogens with one attached hydrogen (secondary N) is 2. The Morgan fingerprint density at radius 3 is 2.38 bits per heavy atom. The van der Waals surface area contributed by atoms with Crippen LogP contribution in [0.3, 0.4) is 0 Å². The topological polar surface area (TPSA) is 91.2 Å². The number of nitriles is 1. The molecule has 0 bridgehead atoms. The highest BCUT2D eigenvalue weighted by Gasteiger charge is 2.04.